The molecule has 1 aliphatic heterocycles. The molecule has 21 heavy (non-hydrogen) atoms. The van der Waals surface area contributed by atoms with E-state index in [1.54, 1.807) is 0 Å². The van der Waals surface area contributed by atoms with Gasteiger partial charge in [0.15, 0.2) is 0 Å². The fraction of sp³-hybridized carbons (Fsp3) is 0.684. The molecule has 1 aromatic rings. The summed E-state index contributed by atoms with van der Waals surface area (Å²) in [4.78, 5) is 0. The highest BCUT2D eigenvalue weighted by Crippen LogP contribution is 2.32. The molecule has 0 bridgehead atoms. The number of nitrogens with one attached hydrogen (secondary N) is 1. The molecule has 0 spiro atoms. The minimum absolute atomic E-state index is 0.783. The molecular formula is C19H29NO. The molecular weight excluding hydrogens is 258 g/mol. The molecule has 1 N–H and O–H groups in total. The maximum absolute atomic E-state index is 5.98. The van der Waals surface area contributed by atoms with Crippen molar-refractivity contribution >= 4 is 0 Å². The van der Waals surface area contributed by atoms with Crippen molar-refractivity contribution in [3.05, 3.63) is 28.8 Å². The van der Waals surface area contributed by atoms with E-state index in [0.29, 0.717) is 0 Å². The van der Waals surface area contributed by atoms with Crippen LogP contribution < -0.4 is 10.1 Å². The second-order valence-corrected chi connectivity index (χ2v) is 6.66. The standard InChI is InChI=1S/C19H29NO/c1-2-3-4-5-7-16-12-15(14-20-18-9-10-18)13-17-8-6-11-21-19(16)17/h12-13,18,20H,2-11,14H2,1H3. The van der Waals surface area contributed by atoms with E-state index in [-0.39, 0.29) is 0 Å². The molecule has 1 heterocycles. The Balaban J connectivity index is 1.69. The summed E-state index contributed by atoms with van der Waals surface area (Å²) in [5, 5.41) is 3.64. The Bertz CT molecular complexity index is 465. The van der Waals surface area contributed by atoms with Gasteiger partial charge in [-0.05, 0) is 55.2 Å². The van der Waals surface area contributed by atoms with Crippen LogP contribution in [-0.4, -0.2) is 12.6 Å². The minimum Gasteiger partial charge on any atom is -0.493 e. The molecule has 1 saturated carbocycles. The Morgan fingerprint density at radius 1 is 1.19 bits per heavy atom. The van der Waals surface area contributed by atoms with Gasteiger partial charge < -0.3 is 10.1 Å². The Morgan fingerprint density at radius 3 is 2.90 bits per heavy atom. The van der Waals surface area contributed by atoms with Crippen LogP contribution in [0.15, 0.2) is 12.1 Å². The predicted molar refractivity (Wildman–Crippen MR) is 88.0 cm³/mol. The molecule has 0 unspecified atom stereocenters. The zero-order valence-electron chi connectivity index (χ0n) is 13.4. The van der Waals surface area contributed by atoms with Crippen molar-refractivity contribution in [3.63, 3.8) is 0 Å². The van der Waals surface area contributed by atoms with Gasteiger partial charge in [-0.25, -0.2) is 0 Å². The quantitative estimate of drug-likeness (QED) is 0.716. The summed E-state index contributed by atoms with van der Waals surface area (Å²) in [7, 11) is 0. The number of aryl methyl sites for hydroxylation is 2. The highest BCUT2D eigenvalue weighted by atomic mass is 16.5. The van der Waals surface area contributed by atoms with Gasteiger partial charge in [0.05, 0.1) is 6.61 Å². The van der Waals surface area contributed by atoms with Crippen LogP contribution in [0.2, 0.25) is 0 Å². The number of unbranched alkanes of at least 4 members (excludes halogenated alkanes) is 3. The molecule has 1 aliphatic carbocycles. The first-order valence-electron chi connectivity index (χ1n) is 8.87. The summed E-state index contributed by atoms with van der Waals surface area (Å²) in [6.45, 7) is 4.20. The fourth-order valence-corrected chi connectivity index (χ4v) is 3.21. The molecule has 0 atom stereocenters. The summed E-state index contributed by atoms with van der Waals surface area (Å²) in [5.74, 6) is 1.22. The smallest absolute Gasteiger partial charge is 0.125 e. The lowest BCUT2D eigenvalue weighted by atomic mass is 9.95. The fourth-order valence-electron chi connectivity index (χ4n) is 3.21. The average Bonchev–Trinajstić information content (AvgIpc) is 3.34. The second-order valence-electron chi connectivity index (χ2n) is 6.66. The van der Waals surface area contributed by atoms with Gasteiger partial charge in [-0.15, -0.1) is 0 Å². The van der Waals surface area contributed by atoms with Crippen molar-refractivity contribution in [3.8, 4) is 5.75 Å². The van der Waals surface area contributed by atoms with E-state index in [1.807, 2.05) is 0 Å². The van der Waals surface area contributed by atoms with Crippen LogP contribution in [-0.2, 0) is 19.4 Å². The van der Waals surface area contributed by atoms with Crippen molar-refractivity contribution in [2.24, 2.45) is 0 Å². The lowest BCUT2D eigenvalue weighted by molar-refractivity contribution is 0.284. The second kappa shape index (κ2) is 7.31. The predicted octanol–water partition coefficient (Wildman–Crippen LogP) is 4.39. The molecule has 0 amide bonds. The SMILES string of the molecule is CCCCCCc1cc(CNC2CC2)cc2c1OCCC2. The molecule has 2 aliphatic rings. The van der Waals surface area contributed by atoms with E-state index in [9.17, 15) is 0 Å². The van der Waals surface area contributed by atoms with E-state index < -0.39 is 0 Å². The molecule has 0 radical (unpaired) electrons. The Morgan fingerprint density at radius 2 is 2.10 bits per heavy atom. The average molecular weight is 287 g/mol. The van der Waals surface area contributed by atoms with Gasteiger partial charge in [0.2, 0.25) is 0 Å². The van der Waals surface area contributed by atoms with Crippen LogP contribution in [0.5, 0.6) is 5.75 Å². The number of rotatable bonds is 8. The summed E-state index contributed by atoms with van der Waals surface area (Å²) >= 11 is 0. The van der Waals surface area contributed by atoms with Gasteiger partial charge >= 0.3 is 0 Å². The van der Waals surface area contributed by atoms with E-state index in [1.165, 1.54) is 80.2 Å². The van der Waals surface area contributed by atoms with Gasteiger partial charge in [-0.1, -0.05) is 38.3 Å². The molecule has 1 fully saturated rings. The molecule has 3 rings (SSSR count). The van der Waals surface area contributed by atoms with Crippen LogP contribution in [0.4, 0.5) is 0 Å². The van der Waals surface area contributed by atoms with Crippen LogP contribution in [0, 0.1) is 0 Å². The zero-order valence-corrected chi connectivity index (χ0v) is 13.4. The minimum atomic E-state index is 0.783. The summed E-state index contributed by atoms with van der Waals surface area (Å²) < 4.78 is 5.98. The zero-order chi connectivity index (χ0) is 14.5. The first-order valence-corrected chi connectivity index (χ1v) is 8.87. The molecule has 0 saturated heterocycles. The maximum Gasteiger partial charge on any atom is 0.125 e. The molecule has 2 nitrogen and oxygen atoms in total. The van der Waals surface area contributed by atoms with Crippen molar-refractivity contribution in [1.82, 2.24) is 5.32 Å². The van der Waals surface area contributed by atoms with Gasteiger partial charge in [0, 0.05) is 12.6 Å². The van der Waals surface area contributed by atoms with Crippen LogP contribution >= 0.6 is 0 Å². The van der Waals surface area contributed by atoms with Crippen LogP contribution in [0.1, 0.15) is 68.6 Å². The van der Waals surface area contributed by atoms with Crippen LogP contribution in [0.25, 0.3) is 0 Å². The molecule has 2 heteroatoms. The normalized spacial score (nSPS) is 17.4. The first kappa shape index (κ1) is 14.9. The largest absolute Gasteiger partial charge is 0.493 e. The summed E-state index contributed by atoms with van der Waals surface area (Å²) in [6.07, 6.45) is 11.6. The molecule has 116 valence electrons. The van der Waals surface area contributed by atoms with Gasteiger partial charge in [-0.3, -0.25) is 0 Å². The third kappa shape index (κ3) is 4.23. The van der Waals surface area contributed by atoms with Crippen molar-refractivity contribution < 1.29 is 4.74 Å². The van der Waals surface area contributed by atoms with Crippen molar-refractivity contribution in [2.45, 2.75) is 77.3 Å². The van der Waals surface area contributed by atoms with Crippen molar-refractivity contribution in [2.75, 3.05) is 6.61 Å². The lowest BCUT2D eigenvalue weighted by Crippen LogP contribution is -2.17. The number of ether oxygens (including phenoxy) is 1. The van der Waals surface area contributed by atoms with E-state index >= 15 is 0 Å². The first-order chi connectivity index (χ1) is 10.4. The topological polar surface area (TPSA) is 21.3 Å². The number of benzene rings is 1. The van der Waals surface area contributed by atoms with Crippen molar-refractivity contribution in [1.29, 1.82) is 0 Å². The van der Waals surface area contributed by atoms with Gasteiger partial charge in [-0.2, -0.15) is 0 Å². The molecule has 1 aromatic carbocycles. The third-order valence-electron chi connectivity index (χ3n) is 4.61. The Hall–Kier alpha value is -1.02. The number of hydrogen-bond acceptors (Lipinski definition) is 2. The Labute approximate surface area is 129 Å². The van der Waals surface area contributed by atoms with E-state index in [4.69, 9.17) is 4.74 Å². The highest BCUT2D eigenvalue weighted by Gasteiger charge is 2.21. The third-order valence-corrected chi connectivity index (χ3v) is 4.61. The van der Waals surface area contributed by atoms with E-state index in [2.05, 4.69) is 24.4 Å². The maximum atomic E-state index is 5.98. The van der Waals surface area contributed by atoms with E-state index in [0.717, 1.165) is 19.2 Å². The highest BCUT2D eigenvalue weighted by molar-refractivity contribution is 5.46. The molecule has 0 aromatic heterocycles. The van der Waals surface area contributed by atoms with Gasteiger partial charge in [0.1, 0.15) is 5.75 Å². The van der Waals surface area contributed by atoms with Gasteiger partial charge in [0.25, 0.3) is 0 Å². The number of hydrogen-bond donors (Lipinski definition) is 1. The Kier molecular flexibility index (Phi) is 5.18. The summed E-state index contributed by atoms with van der Waals surface area (Å²) in [5.41, 5.74) is 4.36. The lowest BCUT2D eigenvalue weighted by Gasteiger charge is -2.22. The summed E-state index contributed by atoms with van der Waals surface area (Å²) in [6, 6.07) is 5.55. The van der Waals surface area contributed by atoms with Crippen LogP contribution in [0.3, 0.4) is 0 Å². The number of fused-ring (bicyclic) bond motifs is 1. The monoisotopic (exact) mass is 287 g/mol.